The Labute approximate surface area is 105 Å². The van der Waals surface area contributed by atoms with Crippen LogP contribution in [0.1, 0.15) is 31.1 Å². The molecule has 2 atom stereocenters. The highest BCUT2D eigenvalue weighted by Gasteiger charge is 2.18. The molecule has 0 saturated heterocycles. The van der Waals surface area contributed by atoms with Crippen LogP contribution in [-0.2, 0) is 4.74 Å². The van der Waals surface area contributed by atoms with Gasteiger partial charge in [-0.2, -0.15) is 0 Å². The third kappa shape index (κ3) is 4.02. The normalized spacial score (nSPS) is 14.1. The minimum absolute atomic E-state index is 0.0296. The Balaban J connectivity index is 2.88. The van der Waals surface area contributed by atoms with Gasteiger partial charge in [0.25, 0.3) is 0 Å². The van der Waals surface area contributed by atoms with Gasteiger partial charge in [-0.05, 0) is 26.0 Å². The molecule has 0 aliphatic carbocycles. The molecule has 0 aliphatic rings. The lowest BCUT2D eigenvalue weighted by atomic mass is 10.3. The van der Waals surface area contributed by atoms with E-state index in [1.165, 1.54) is 11.8 Å². The molecule has 0 fully saturated rings. The highest BCUT2D eigenvalue weighted by Crippen LogP contribution is 2.26. The lowest BCUT2D eigenvalue weighted by molar-refractivity contribution is 0.0521. The molecule has 0 aliphatic heterocycles. The van der Waals surface area contributed by atoms with E-state index in [2.05, 4.69) is 4.98 Å². The van der Waals surface area contributed by atoms with Crippen LogP contribution in [0.5, 0.6) is 0 Å². The summed E-state index contributed by atoms with van der Waals surface area (Å²) < 4.78 is 4.96. The highest BCUT2D eigenvalue weighted by molar-refractivity contribution is 8.00. The average molecular weight is 255 g/mol. The van der Waals surface area contributed by atoms with E-state index in [1.807, 2.05) is 6.92 Å². The van der Waals surface area contributed by atoms with Gasteiger partial charge >= 0.3 is 5.97 Å². The van der Waals surface area contributed by atoms with E-state index in [-0.39, 0.29) is 11.2 Å². The van der Waals surface area contributed by atoms with E-state index in [4.69, 9.17) is 4.74 Å². The van der Waals surface area contributed by atoms with Crippen LogP contribution in [0.3, 0.4) is 0 Å². The predicted molar refractivity (Wildman–Crippen MR) is 67.2 cm³/mol. The number of ether oxygens (including phenoxy) is 1. The van der Waals surface area contributed by atoms with Crippen molar-refractivity contribution in [2.75, 3.05) is 6.61 Å². The van der Waals surface area contributed by atoms with Gasteiger partial charge in [0.1, 0.15) is 5.03 Å². The third-order valence-corrected chi connectivity index (χ3v) is 3.56. The van der Waals surface area contributed by atoms with Gasteiger partial charge in [-0.1, -0.05) is 18.7 Å². The van der Waals surface area contributed by atoms with Crippen molar-refractivity contribution in [1.29, 1.82) is 0 Å². The van der Waals surface area contributed by atoms with Crippen molar-refractivity contribution in [1.82, 2.24) is 4.98 Å². The van der Waals surface area contributed by atoms with Crippen LogP contribution >= 0.6 is 11.8 Å². The number of aliphatic hydroxyl groups excluding tert-OH is 1. The lowest BCUT2D eigenvalue weighted by Gasteiger charge is -2.15. The zero-order valence-corrected chi connectivity index (χ0v) is 11.0. The summed E-state index contributed by atoms with van der Waals surface area (Å²) >= 11 is 1.37. The number of rotatable bonds is 5. The van der Waals surface area contributed by atoms with Crippen molar-refractivity contribution in [3.05, 3.63) is 23.9 Å². The van der Waals surface area contributed by atoms with E-state index < -0.39 is 6.10 Å². The Hall–Kier alpha value is -1.07. The largest absolute Gasteiger partial charge is 0.462 e. The Bertz CT molecular complexity index is 382. The van der Waals surface area contributed by atoms with E-state index in [0.717, 1.165) is 0 Å². The number of carbonyl (C=O) groups excluding carboxylic acids is 1. The summed E-state index contributed by atoms with van der Waals surface area (Å²) in [6.07, 6.45) is 1.16. The molecule has 0 spiro atoms. The zero-order chi connectivity index (χ0) is 12.8. The van der Waals surface area contributed by atoms with Gasteiger partial charge in [-0.15, -0.1) is 0 Å². The number of hydrogen-bond donors (Lipinski definition) is 1. The number of pyridine rings is 1. The van der Waals surface area contributed by atoms with Crippen LogP contribution in [-0.4, -0.2) is 34.0 Å². The second-order valence-electron chi connectivity index (χ2n) is 3.64. The summed E-state index contributed by atoms with van der Waals surface area (Å²) in [5, 5.41) is 10.0. The molecule has 1 N–H and O–H groups in total. The average Bonchev–Trinajstić information content (AvgIpc) is 2.29. The standard InChI is InChI=1S/C12H17NO3S/c1-4-16-12(15)10-6-5-7-13-11(10)17-9(3)8(2)14/h5-9,14H,4H2,1-3H3. The van der Waals surface area contributed by atoms with Gasteiger partial charge in [-0.25, -0.2) is 9.78 Å². The van der Waals surface area contributed by atoms with E-state index in [1.54, 1.807) is 32.2 Å². The van der Waals surface area contributed by atoms with Crippen LogP contribution in [0.25, 0.3) is 0 Å². The predicted octanol–water partition coefficient (Wildman–Crippen LogP) is 2.12. The third-order valence-electron chi connectivity index (χ3n) is 2.24. The molecule has 0 bridgehead atoms. The molecule has 1 rings (SSSR count). The van der Waals surface area contributed by atoms with Gasteiger partial charge in [0.2, 0.25) is 0 Å². The van der Waals surface area contributed by atoms with Crippen molar-refractivity contribution in [2.24, 2.45) is 0 Å². The topological polar surface area (TPSA) is 59.4 Å². The van der Waals surface area contributed by atoms with Gasteiger partial charge in [-0.3, -0.25) is 0 Å². The van der Waals surface area contributed by atoms with Crippen molar-refractivity contribution in [3.8, 4) is 0 Å². The molecule has 1 heterocycles. The zero-order valence-electron chi connectivity index (χ0n) is 10.2. The summed E-state index contributed by atoms with van der Waals surface area (Å²) in [5.41, 5.74) is 0.451. The number of aromatic nitrogens is 1. The van der Waals surface area contributed by atoms with Gasteiger partial charge < -0.3 is 9.84 Å². The van der Waals surface area contributed by atoms with E-state index in [0.29, 0.717) is 17.2 Å². The fraction of sp³-hybridized carbons (Fsp3) is 0.500. The Morgan fingerprint density at radius 1 is 1.59 bits per heavy atom. The van der Waals surface area contributed by atoms with Crippen molar-refractivity contribution < 1.29 is 14.6 Å². The summed E-state index contributed by atoms with van der Waals surface area (Å²) in [5.74, 6) is -0.374. The van der Waals surface area contributed by atoms with Crippen molar-refractivity contribution in [2.45, 2.75) is 37.2 Å². The fourth-order valence-corrected chi connectivity index (χ4v) is 2.07. The van der Waals surface area contributed by atoms with Crippen LogP contribution in [0.4, 0.5) is 0 Å². The maximum Gasteiger partial charge on any atom is 0.340 e. The quantitative estimate of drug-likeness (QED) is 0.645. The number of carbonyl (C=O) groups is 1. The van der Waals surface area contributed by atoms with Crippen LogP contribution in [0, 0.1) is 0 Å². The first kappa shape index (κ1) is 14.0. The molecule has 0 amide bonds. The molecule has 0 aromatic carbocycles. The Morgan fingerprint density at radius 2 is 2.29 bits per heavy atom. The number of thioether (sulfide) groups is 1. The molecule has 1 aromatic rings. The Kier molecular flexibility index (Phi) is 5.44. The lowest BCUT2D eigenvalue weighted by Crippen LogP contribution is -2.16. The van der Waals surface area contributed by atoms with Crippen molar-refractivity contribution in [3.63, 3.8) is 0 Å². The molecule has 0 radical (unpaired) electrons. The number of nitrogens with zero attached hydrogens (tertiary/aromatic N) is 1. The smallest absolute Gasteiger partial charge is 0.340 e. The monoisotopic (exact) mass is 255 g/mol. The van der Waals surface area contributed by atoms with E-state index in [9.17, 15) is 9.90 Å². The Morgan fingerprint density at radius 3 is 2.88 bits per heavy atom. The SMILES string of the molecule is CCOC(=O)c1cccnc1SC(C)C(C)O. The molecule has 0 saturated carbocycles. The molecule has 4 nitrogen and oxygen atoms in total. The summed E-state index contributed by atoms with van der Waals surface area (Å²) in [4.78, 5) is 15.8. The number of esters is 1. The first-order chi connectivity index (χ1) is 8.06. The number of aliphatic hydroxyl groups is 1. The van der Waals surface area contributed by atoms with Crippen LogP contribution < -0.4 is 0 Å². The summed E-state index contributed by atoms with van der Waals surface area (Å²) in [6, 6.07) is 3.38. The first-order valence-electron chi connectivity index (χ1n) is 5.53. The molecule has 94 valence electrons. The van der Waals surface area contributed by atoms with E-state index >= 15 is 0 Å². The molecule has 2 unspecified atom stereocenters. The summed E-state index contributed by atoms with van der Waals surface area (Å²) in [7, 11) is 0. The summed E-state index contributed by atoms with van der Waals surface area (Å²) in [6.45, 7) is 5.70. The first-order valence-corrected chi connectivity index (χ1v) is 6.41. The molecule has 1 aromatic heterocycles. The van der Waals surface area contributed by atoms with Gasteiger partial charge in [0.05, 0.1) is 18.3 Å². The minimum atomic E-state index is -0.461. The molecule has 5 heteroatoms. The molecular weight excluding hydrogens is 238 g/mol. The van der Waals surface area contributed by atoms with Gasteiger partial charge in [0, 0.05) is 11.4 Å². The maximum absolute atomic E-state index is 11.7. The maximum atomic E-state index is 11.7. The van der Waals surface area contributed by atoms with Crippen LogP contribution in [0.2, 0.25) is 0 Å². The van der Waals surface area contributed by atoms with Crippen molar-refractivity contribution >= 4 is 17.7 Å². The molecular formula is C12H17NO3S. The number of hydrogen-bond acceptors (Lipinski definition) is 5. The molecule has 17 heavy (non-hydrogen) atoms. The van der Waals surface area contributed by atoms with Crippen LogP contribution in [0.15, 0.2) is 23.4 Å². The fourth-order valence-electron chi connectivity index (χ4n) is 1.12. The highest BCUT2D eigenvalue weighted by atomic mass is 32.2. The second kappa shape index (κ2) is 6.61. The van der Waals surface area contributed by atoms with Gasteiger partial charge in [0.15, 0.2) is 0 Å². The minimum Gasteiger partial charge on any atom is -0.462 e. The second-order valence-corrected chi connectivity index (χ2v) is 5.01.